The van der Waals surface area contributed by atoms with Gasteiger partial charge in [-0.05, 0) is 36.6 Å². The number of likely N-dealkylation sites (tertiary alicyclic amines) is 1. The number of carbonyl (C=O) groups is 1. The summed E-state index contributed by atoms with van der Waals surface area (Å²) in [6.45, 7) is 2.33. The molecule has 2 amide bonds. The molecule has 1 fully saturated rings. The highest BCUT2D eigenvalue weighted by molar-refractivity contribution is 7.10. The van der Waals surface area contributed by atoms with E-state index >= 15 is 0 Å². The fourth-order valence-electron chi connectivity index (χ4n) is 3.59. The van der Waals surface area contributed by atoms with E-state index in [1.54, 1.807) is 11.3 Å². The first kappa shape index (κ1) is 21.6. The molecule has 0 aliphatic carbocycles. The van der Waals surface area contributed by atoms with Crippen molar-refractivity contribution >= 4 is 23.1 Å². The number of carbonyl (C=O) groups excluding carboxylic acids is 1. The lowest BCUT2D eigenvalue weighted by atomic mass is 10.0. The van der Waals surface area contributed by atoms with Gasteiger partial charge in [-0.25, -0.2) is 4.79 Å². The molecule has 0 saturated carbocycles. The maximum Gasteiger partial charge on any atom is 0.319 e. The second kappa shape index (κ2) is 10.6. The van der Waals surface area contributed by atoms with Crippen molar-refractivity contribution in [2.24, 2.45) is 5.92 Å². The van der Waals surface area contributed by atoms with Crippen LogP contribution in [0.1, 0.15) is 43.2 Å². The first-order valence-corrected chi connectivity index (χ1v) is 10.7. The monoisotopic (exact) mass is 424 g/mol. The Morgan fingerprint density at radius 2 is 2.10 bits per heavy atom. The number of amides is 2. The van der Waals surface area contributed by atoms with Gasteiger partial charge >= 0.3 is 6.03 Å². The van der Waals surface area contributed by atoms with Gasteiger partial charge in [0.15, 0.2) is 0 Å². The second-order valence-corrected chi connectivity index (χ2v) is 8.25. The third-order valence-corrected chi connectivity index (χ3v) is 5.97. The highest BCUT2D eigenvalue weighted by Crippen LogP contribution is 2.30. The van der Waals surface area contributed by atoms with Gasteiger partial charge in [-0.1, -0.05) is 18.9 Å². The number of aromatic nitrogens is 1. The van der Waals surface area contributed by atoms with Crippen LogP contribution in [0.25, 0.3) is 0 Å². The highest BCUT2D eigenvalue weighted by atomic mass is 32.1. The van der Waals surface area contributed by atoms with Gasteiger partial charge in [-0.15, -0.1) is 11.3 Å². The van der Waals surface area contributed by atoms with Gasteiger partial charge < -0.3 is 15.7 Å². The van der Waals surface area contributed by atoms with Crippen molar-refractivity contribution in [1.29, 1.82) is 0 Å². The second-order valence-electron chi connectivity index (χ2n) is 7.27. The summed E-state index contributed by atoms with van der Waals surface area (Å²) >= 11 is 1.58. The Kier molecular flexibility index (Phi) is 7.91. The number of anilines is 1. The van der Waals surface area contributed by atoms with E-state index in [2.05, 4.69) is 20.5 Å². The summed E-state index contributed by atoms with van der Waals surface area (Å²) in [4.78, 5) is 17.9. The van der Waals surface area contributed by atoms with E-state index in [-0.39, 0.29) is 5.69 Å². The van der Waals surface area contributed by atoms with Crippen molar-refractivity contribution in [2.45, 2.75) is 38.3 Å². The van der Waals surface area contributed by atoms with E-state index in [0.717, 1.165) is 62.2 Å². The van der Waals surface area contributed by atoms with Crippen molar-refractivity contribution in [3.8, 4) is 0 Å². The number of nitrogens with zero attached hydrogens (tertiary/aromatic N) is 2. The number of aliphatic hydroxyl groups excluding tert-OH is 1. The molecule has 9 heteroatoms. The zero-order chi connectivity index (χ0) is 20.6. The van der Waals surface area contributed by atoms with Crippen LogP contribution in [0, 0.1) is 17.8 Å². The maximum atomic E-state index is 13.0. The molecule has 2 atom stereocenters. The number of thiophene rings is 1. The number of pyridine rings is 1. The fourth-order valence-corrected chi connectivity index (χ4v) is 4.33. The van der Waals surface area contributed by atoms with E-state index in [9.17, 15) is 18.7 Å². The molecule has 1 saturated heterocycles. The average molecular weight is 425 g/mol. The molecule has 0 radical (unpaired) electrons. The van der Waals surface area contributed by atoms with Gasteiger partial charge in [-0.2, -0.15) is 13.8 Å². The molecule has 1 aliphatic heterocycles. The van der Waals surface area contributed by atoms with Crippen LogP contribution in [-0.4, -0.2) is 40.7 Å². The summed E-state index contributed by atoms with van der Waals surface area (Å²) in [6, 6.07) is 5.35. The van der Waals surface area contributed by atoms with Crippen molar-refractivity contribution in [1.82, 2.24) is 15.2 Å². The zero-order valence-corrected chi connectivity index (χ0v) is 16.9. The van der Waals surface area contributed by atoms with Gasteiger partial charge in [0, 0.05) is 36.6 Å². The Balaban J connectivity index is 1.25. The molecular formula is C20H26F2N4O2S. The standard InChI is InChI=1S/C20H26F2N4O2S/c21-17-11-15(12-18(22)25-17)24-20(28)23-8-3-1-2-5-14-7-9-26(13-14)19(27)16-6-4-10-29-16/h4,6,10-12,14,19,27H,1-3,5,7-9,13H2,(H2,23,24,25,28). The van der Waals surface area contributed by atoms with Gasteiger partial charge in [0.05, 0.1) is 5.69 Å². The van der Waals surface area contributed by atoms with E-state index in [1.165, 1.54) is 0 Å². The molecule has 0 spiro atoms. The minimum atomic E-state index is -0.978. The number of hydrogen-bond acceptors (Lipinski definition) is 5. The smallest absolute Gasteiger partial charge is 0.319 e. The largest absolute Gasteiger partial charge is 0.373 e. The number of unbranched alkanes of at least 4 members (excludes halogenated alkanes) is 2. The Hall–Kier alpha value is -2.10. The van der Waals surface area contributed by atoms with Crippen LogP contribution in [-0.2, 0) is 0 Å². The lowest BCUT2D eigenvalue weighted by Gasteiger charge is -2.22. The minimum absolute atomic E-state index is 0.0306. The molecule has 158 valence electrons. The molecular weight excluding hydrogens is 398 g/mol. The van der Waals surface area contributed by atoms with Gasteiger partial charge in [0.2, 0.25) is 11.9 Å². The number of rotatable bonds is 9. The molecule has 2 unspecified atom stereocenters. The van der Waals surface area contributed by atoms with E-state index < -0.39 is 24.2 Å². The average Bonchev–Trinajstić information content (AvgIpc) is 3.35. The normalized spacial score (nSPS) is 18.0. The van der Waals surface area contributed by atoms with Crippen molar-refractivity contribution in [2.75, 3.05) is 25.0 Å². The lowest BCUT2D eigenvalue weighted by Crippen LogP contribution is -2.29. The van der Waals surface area contributed by atoms with E-state index in [0.29, 0.717) is 12.5 Å². The molecule has 0 bridgehead atoms. The minimum Gasteiger partial charge on any atom is -0.373 e. The summed E-state index contributed by atoms with van der Waals surface area (Å²) in [5.74, 6) is -1.36. The predicted molar refractivity (Wildman–Crippen MR) is 109 cm³/mol. The van der Waals surface area contributed by atoms with Gasteiger partial charge in [-0.3, -0.25) is 4.90 Å². The Morgan fingerprint density at radius 3 is 2.83 bits per heavy atom. The summed E-state index contributed by atoms with van der Waals surface area (Å²) in [7, 11) is 0. The van der Waals surface area contributed by atoms with Crippen molar-refractivity contribution < 1.29 is 18.7 Å². The van der Waals surface area contributed by atoms with Crippen LogP contribution >= 0.6 is 11.3 Å². The highest BCUT2D eigenvalue weighted by Gasteiger charge is 2.27. The Morgan fingerprint density at radius 1 is 1.31 bits per heavy atom. The molecule has 1 aliphatic rings. The third kappa shape index (κ3) is 6.73. The summed E-state index contributed by atoms with van der Waals surface area (Å²) in [5, 5.41) is 17.5. The lowest BCUT2D eigenvalue weighted by molar-refractivity contribution is 0.0190. The number of halogens is 2. The molecule has 3 rings (SSSR count). The van der Waals surface area contributed by atoms with Gasteiger partial charge in [0.25, 0.3) is 0 Å². The first-order valence-electron chi connectivity index (χ1n) is 9.84. The molecule has 2 aromatic heterocycles. The third-order valence-electron chi connectivity index (χ3n) is 5.06. The van der Waals surface area contributed by atoms with E-state index in [4.69, 9.17) is 0 Å². The zero-order valence-electron chi connectivity index (χ0n) is 16.1. The summed E-state index contributed by atoms with van der Waals surface area (Å²) in [6.07, 6.45) is 4.60. The molecule has 0 aromatic carbocycles. The fraction of sp³-hybridized carbons (Fsp3) is 0.500. The molecule has 3 heterocycles. The van der Waals surface area contributed by atoms with Crippen molar-refractivity contribution in [3.63, 3.8) is 0 Å². The van der Waals surface area contributed by atoms with Crippen molar-refractivity contribution in [3.05, 3.63) is 46.4 Å². The molecule has 6 nitrogen and oxygen atoms in total. The quantitative estimate of drug-likeness (QED) is 0.418. The predicted octanol–water partition coefficient (Wildman–Crippen LogP) is 4.12. The maximum absolute atomic E-state index is 13.0. The first-order chi connectivity index (χ1) is 14.0. The number of urea groups is 1. The van der Waals surface area contributed by atoms with Crippen LogP contribution in [0.2, 0.25) is 0 Å². The molecule has 3 N–H and O–H groups in total. The number of nitrogens with one attached hydrogen (secondary N) is 2. The summed E-state index contributed by atoms with van der Waals surface area (Å²) in [5.41, 5.74) is 0.0306. The van der Waals surface area contributed by atoms with E-state index in [1.807, 2.05) is 17.5 Å². The van der Waals surface area contributed by atoms with Crippen LogP contribution in [0.4, 0.5) is 19.3 Å². The topological polar surface area (TPSA) is 77.5 Å². The molecule has 2 aromatic rings. The number of aliphatic hydroxyl groups is 1. The van der Waals surface area contributed by atoms with Crippen LogP contribution in [0.5, 0.6) is 0 Å². The Bertz CT molecular complexity index is 771. The SMILES string of the molecule is O=C(NCCCCCC1CCN(C(O)c2cccs2)C1)Nc1cc(F)nc(F)c1. The molecule has 29 heavy (non-hydrogen) atoms. The Labute approximate surface area is 173 Å². The van der Waals surface area contributed by atoms with Crippen LogP contribution in [0.15, 0.2) is 29.6 Å². The van der Waals surface area contributed by atoms with Gasteiger partial charge in [0.1, 0.15) is 6.23 Å². The van der Waals surface area contributed by atoms with Crippen LogP contribution < -0.4 is 10.6 Å². The number of hydrogen-bond donors (Lipinski definition) is 3. The van der Waals surface area contributed by atoms with Crippen LogP contribution in [0.3, 0.4) is 0 Å². The summed E-state index contributed by atoms with van der Waals surface area (Å²) < 4.78 is 26.0.